The molecule has 0 aliphatic rings. The van der Waals surface area contributed by atoms with Gasteiger partial charge in [0.05, 0.1) is 19.9 Å². The van der Waals surface area contributed by atoms with E-state index in [0.717, 1.165) is 16.9 Å². The van der Waals surface area contributed by atoms with Crippen molar-refractivity contribution in [2.75, 3.05) is 13.7 Å². The highest BCUT2D eigenvalue weighted by Gasteiger charge is 2.11. The summed E-state index contributed by atoms with van der Waals surface area (Å²) >= 11 is 4.68. The molecule has 1 rings (SSSR count). The molecule has 0 aliphatic carbocycles. The quantitative estimate of drug-likeness (QED) is 0.348. The van der Waals surface area contributed by atoms with E-state index in [0.29, 0.717) is 18.8 Å². The molecular formula is C14H19N3O2S. The predicted octanol–water partition coefficient (Wildman–Crippen LogP) is 1.99. The van der Waals surface area contributed by atoms with Crippen molar-refractivity contribution in [3.05, 3.63) is 35.9 Å². The van der Waals surface area contributed by atoms with Crippen molar-refractivity contribution in [2.24, 2.45) is 10.8 Å². The number of thiocarbonyl (C=S) groups is 1. The Labute approximate surface area is 124 Å². The van der Waals surface area contributed by atoms with Crippen molar-refractivity contribution >= 4 is 23.5 Å². The molecule has 1 aromatic carbocycles. The molecule has 0 radical (unpaired) electrons. The number of methoxy groups -OCH3 is 1. The summed E-state index contributed by atoms with van der Waals surface area (Å²) in [6, 6.07) is 3.79. The zero-order valence-corrected chi connectivity index (χ0v) is 12.5. The lowest BCUT2D eigenvalue weighted by atomic mass is 10.1. The molecule has 0 saturated heterocycles. The van der Waals surface area contributed by atoms with E-state index >= 15 is 0 Å². The highest BCUT2D eigenvalue weighted by atomic mass is 32.1. The summed E-state index contributed by atoms with van der Waals surface area (Å²) in [7, 11) is 1.60. The molecule has 0 atom stereocenters. The van der Waals surface area contributed by atoms with Crippen LogP contribution in [0.25, 0.3) is 0 Å². The Morgan fingerprint density at radius 2 is 2.30 bits per heavy atom. The third kappa shape index (κ3) is 4.55. The van der Waals surface area contributed by atoms with Crippen molar-refractivity contribution in [1.29, 1.82) is 0 Å². The van der Waals surface area contributed by atoms with E-state index in [4.69, 9.17) is 15.2 Å². The van der Waals surface area contributed by atoms with Gasteiger partial charge in [0.15, 0.2) is 16.6 Å². The van der Waals surface area contributed by atoms with Gasteiger partial charge in [-0.1, -0.05) is 6.08 Å². The third-order valence-corrected chi connectivity index (χ3v) is 2.51. The van der Waals surface area contributed by atoms with E-state index in [1.54, 1.807) is 13.3 Å². The predicted molar refractivity (Wildman–Crippen MR) is 85.6 cm³/mol. The number of ether oxygens (including phenoxy) is 2. The maximum Gasteiger partial charge on any atom is 0.184 e. The second kappa shape index (κ2) is 8.16. The van der Waals surface area contributed by atoms with Gasteiger partial charge in [-0.25, -0.2) is 0 Å². The van der Waals surface area contributed by atoms with Gasteiger partial charge in [-0.15, -0.1) is 6.58 Å². The molecule has 3 N–H and O–H groups in total. The molecule has 0 spiro atoms. The number of benzene rings is 1. The summed E-state index contributed by atoms with van der Waals surface area (Å²) in [5.74, 6) is 1.39. The second-order valence-corrected chi connectivity index (χ2v) is 4.31. The lowest BCUT2D eigenvalue weighted by Gasteiger charge is -2.14. The molecule has 0 bridgehead atoms. The number of nitrogens with zero attached hydrogens (tertiary/aromatic N) is 1. The smallest absolute Gasteiger partial charge is 0.184 e. The minimum Gasteiger partial charge on any atom is -0.493 e. The maximum absolute atomic E-state index is 5.64. The topological polar surface area (TPSA) is 68.9 Å². The van der Waals surface area contributed by atoms with Gasteiger partial charge in [0.1, 0.15) is 0 Å². The monoisotopic (exact) mass is 293 g/mol. The van der Waals surface area contributed by atoms with Gasteiger partial charge in [0, 0.05) is 5.56 Å². The van der Waals surface area contributed by atoms with E-state index in [1.165, 1.54) is 0 Å². The van der Waals surface area contributed by atoms with Gasteiger partial charge in [-0.2, -0.15) is 5.10 Å². The van der Waals surface area contributed by atoms with Crippen molar-refractivity contribution in [3.8, 4) is 11.5 Å². The maximum atomic E-state index is 5.64. The van der Waals surface area contributed by atoms with Crippen LogP contribution in [0.3, 0.4) is 0 Å². The molecule has 0 unspecified atom stereocenters. The van der Waals surface area contributed by atoms with Gasteiger partial charge in [-0.3, -0.25) is 5.43 Å². The molecule has 108 valence electrons. The van der Waals surface area contributed by atoms with Crippen molar-refractivity contribution in [1.82, 2.24) is 5.43 Å². The number of hydrogen-bond acceptors (Lipinski definition) is 4. The Bertz CT molecular complexity index is 515. The average Bonchev–Trinajstić information content (AvgIpc) is 2.41. The van der Waals surface area contributed by atoms with Gasteiger partial charge in [-0.05, 0) is 43.3 Å². The van der Waals surface area contributed by atoms with Crippen molar-refractivity contribution in [2.45, 2.75) is 13.3 Å². The molecule has 20 heavy (non-hydrogen) atoms. The lowest BCUT2D eigenvalue weighted by Crippen LogP contribution is -2.24. The first-order chi connectivity index (χ1) is 9.62. The third-order valence-electron chi connectivity index (χ3n) is 2.42. The van der Waals surface area contributed by atoms with E-state index in [-0.39, 0.29) is 5.11 Å². The van der Waals surface area contributed by atoms with Crippen LogP contribution in [-0.2, 0) is 6.42 Å². The van der Waals surface area contributed by atoms with Crippen LogP contribution >= 0.6 is 12.2 Å². The molecular weight excluding hydrogens is 274 g/mol. The molecule has 0 amide bonds. The fourth-order valence-corrected chi connectivity index (χ4v) is 1.75. The van der Waals surface area contributed by atoms with Crippen LogP contribution in [0.15, 0.2) is 29.9 Å². The largest absolute Gasteiger partial charge is 0.493 e. The van der Waals surface area contributed by atoms with Crippen LogP contribution in [0.2, 0.25) is 0 Å². The Morgan fingerprint density at radius 3 is 2.85 bits per heavy atom. The summed E-state index contributed by atoms with van der Waals surface area (Å²) in [6.45, 7) is 6.25. The van der Waals surface area contributed by atoms with Gasteiger partial charge >= 0.3 is 0 Å². The van der Waals surface area contributed by atoms with Gasteiger partial charge < -0.3 is 15.2 Å². The summed E-state index contributed by atoms with van der Waals surface area (Å²) < 4.78 is 11.0. The SMILES string of the molecule is C=CCc1cc(C=NNC(N)=S)cc(OC)c1OCC. The summed E-state index contributed by atoms with van der Waals surface area (Å²) in [6.07, 6.45) is 4.10. The highest BCUT2D eigenvalue weighted by molar-refractivity contribution is 7.80. The Morgan fingerprint density at radius 1 is 1.55 bits per heavy atom. The number of allylic oxidation sites excluding steroid dienone is 1. The lowest BCUT2D eigenvalue weighted by molar-refractivity contribution is 0.308. The van der Waals surface area contributed by atoms with E-state index in [1.807, 2.05) is 25.1 Å². The number of hydrazone groups is 1. The zero-order valence-electron chi connectivity index (χ0n) is 11.7. The average molecular weight is 293 g/mol. The van der Waals surface area contributed by atoms with E-state index < -0.39 is 0 Å². The first-order valence-corrected chi connectivity index (χ1v) is 6.56. The minimum atomic E-state index is 0.116. The van der Waals surface area contributed by atoms with E-state index in [2.05, 4.69) is 29.3 Å². The van der Waals surface area contributed by atoms with Crippen LogP contribution in [-0.4, -0.2) is 25.0 Å². The number of nitrogens with one attached hydrogen (secondary N) is 1. The fraction of sp³-hybridized carbons (Fsp3) is 0.286. The Balaban J connectivity index is 3.14. The molecule has 0 aliphatic heterocycles. The molecule has 0 saturated carbocycles. The standard InChI is InChI=1S/C14H19N3O2S/c1-4-6-11-7-10(9-16-17-14(15)20)8-12(18-3)13(11)19-5-2/h4,7-9H,1,5-6H2,2-3H3,(H3,15,17,20). The van der Waals surface area contributed by atoms with Crippen LogP contribution < -0.4 is 20.6 Å². The molecule has 0 fully saturated rings. The summed E-state index contributed by atoms with van der Waals surface area (Å²) in [4.78, 5) is 0. The van der Waals surface area contributed by atoms with Gasteiger partial charge in [0.25, 0.3) is 0 Å². The Kier molecular flexibility index (Phi) is 6.52. The van der Waals surface area contributed by atoms with Crippen molar-refractivity contribution < 1.29 is 9.47 Å². The number of nitrogens with two attached hydrogens (primary N) is 1. The van der Waals surface area contributed by atoms with Crippen LogP contribution in [0, 0.1) is 0 Å². The summed E-state index contributed by atoms with van der Waals surface area (Å²) in [5, 5.41) is 4.05. The summed E-state index contributed by atoms with van der Waals surface area (Å²) in [5.41, 5.74) is 9.65. The molecule has 6 heteroatoms. The molecule has 0 aromatic heterocycles. The molecule has 0 heterocycles. The number of hydrogen-bond donors (Lipinski definition) is 2. The first-order valence-electron chi connectivity index (χ1n) is 6.15. The number of rotatable bonds is 7. The van der Waals surface area contributed by atoms with Crippen LogP contribution in [0.4, 0.5) is 0 Å². The molecule has 1 aromatic rings. The zero-order chi connectivity index (χ0) is 15.0. The first kappa shape index (κ1) is 16.0. The second-order valence-electron chi connectivity index (χ2n) is 3.87. The van der Waals surface area contributed by atoms with Crippen LogP contribution in [0.1, 0.15) is 18.1 Å². The Hall–Kier alpha value is -2.08. The van der Waals surface area contributed by atoms with E-state index in [9.17, 15) is 0 Å². The highest BCUT2D eigenvalue weighted by Crippen LogP contribution is 2.33. The normalized spacial score (nSPS) is 10.3. The van der Waals surface area contributed by atoms with Gasteiger partial charge in [0.2, 0.25) is 0 Å². The van der Waals surface area contributed by atoms with Crippen LogP contribution in [0.5, 0.6) is 11.5 Å². The fourth-order valence-electron chi connectivity index (χ4n) is 1.70. The molecule has 5 nitrogen and oxygen atoms in total. The minimum absolute atomic E-state index is 0.116. The van der Waals surface area contributed by atoms with Crippen molar-refractivity contribution in [3.63, 3.8) is 0 Å².